The second-order valence-electron chi connectivity index (χ2n) is 8.32. The fourth-order valence-electron chi connectivity index (χ4n) is 4.16. The summed E-state index contributed by atoms with van der Waals surface area (Å²) in [5.74, 6) is -0.635. The molecule has 1 saturated heterocycles. The van der Waals surface area contributed by atoms with Crippen LogP contribution in [0.15, 0.2) is 41.3 Å². The largest absolute Gasteiger partial charge is 0.478 e. The molecule has 2 aromatic rings. The highest BCUT2D eigenvalue weighted by molar-refractivity contribution is 7.89. The van der Waals surface area contributed by atoms with Crippen molar-refractivity contribution in [1.29, 1.82) is 0 Å². The van der Waals surface area contributed by atoms with Gasteiger partial charge in [0.2, 0.25) is 15.9 Å². The first-order chi connectivity index (χ1) is 15.7. The molecule has 0 aliphatic carbocycles. The highest BCUT2D eigenvalue weighted by atomic mass is 35.5. The summed E-state index contributed by atoms with van der Waals surface area (Å²) >= 11 is 5.98. The number of carbonyl (C=O) groups excluding carboxylic acids is 2. The molecule has 2 heterocycles. The average Bonchev–Trinajstić information content (AvgIpc) is 2.78. The molecular formula is C23H26ClN3O5S. The van der Waals surface area contributed by atoms with E-state index in [1.165, 1.54) is 10.4 Å². The van der Waals surface area contributed by atoms with Gasteiger partial charge in [0, 0.05) is 29.9 Å². The lowest BCUT2D eigenvalue weighted by Gasteiger charge is -2.32. The van der Waals surface area contributed by atoms with Crippen molar-refractivity contribution in [2.45, 2.75) is 44.1 Å². The molecule has 4 rings (SSSR count). The summed E-state index contributed by atoms with van der Waals surface area (Å²) in [5, 5.41) is 6.11. The third-order valence-electron chi connectivity index (χ3n) is 5.93. The van der Waals surface area contributed by atoms with Crippen molar-refractivity contribution in [2.75, 3.05) is 23.7 Å². The molecule has 2 atom stereocenters. The van der Waals surface area contributed by atoms with Gasteiger partial charge in [-0.25, -0.2) is 8.42 Å². The van der Waals surface area contributed by atoms with E-state index in [9.17, 15) is 18.0 Å². The summed E-state index contributed by atoms with van der Waals surface area (Å²) in [6, 6.07) is 9.92. The molecule has 8 nitrogen and oxygen atoms in total. The molecule has 2 aromatic carbocycles. The third kappa shape index (κ3) is 4.85. The van der Waals surface area contributed by atoms with E-state index in [1.807, 2.05) is 6.92 Å². The number of nitrogens with one attached hydrogen (secondary N) is 2. The van der Waals surface area contributed by atoms with Crippen LogP contribution < -0.4 is 15.4 Å². The highest BCUT2D eigenvalue weighted by Gasteiger charge is 2.36. The zero-order valence-corrected chi connectivity index (χ0v) is 20.0. The Kier molecular flexibility index (Phi) is 6.65. The molecule has 2 aliphatic rings. The predicted molar refractivity (Wildman–Crippen MR) is 126 cm³/mol. The van der Waals surface area contributed by atoms with Gasteiger partial charge in [0.1, 0.15) is 5.75 Å². The van der Waals surface area contributed by atoms with E-state index < -0.39 is 22.0 Å². The Morgan fingerprint density at radius 2 is 2.09 bits per heavy atom. The van der Waals surface area contributed by atoms with Crippen molar-refractivity contribution >= 4 is 44.8 Å². The Morgan fingerprint density at radius 1 is 1.30 bits per heavy atom. The van der Waals surface area contributed by atoms with E-state index in [0.29, 0.717) is 53.5 Å². The van der Waals surface area contributed by atoms with Gasteiger partial charge in [0.25, 0.3) is 5.91 Å². The summed E-state index contributed by atoms with van der Waals surface area (Å²) in [6.07, 6.45) is 0.970. The van der Waals surface area contributed by atoms with Gasteiger partial charge in [-0.3, -0.25) is 9.59 Å². The summed E-state index contributed by atoms with van der Waals surface area (Å²) in [5.41, 5.74) is 1.53. The number of amides is 2. The summed E-state index contributed by atoms with van der Waals surface area (Å²) in [4.78, 5) is 25.0. The van der Waals surface area contributed by atoms with E-state index in [-0.39, 0.29) is 23.3 Å². The molecule has 33 heavy (non-hydrogen) atoms. The van der Waals surface area contributed by atoms with Crippen LogP contribution in [-0.4, -0.2) is 43.7 Å². The number of carbonyl (C=O) groups is 2. The number of halogens is 1. The first-order valence-corrected chi connectivity index (χ1v) is 12.7. The van der Waals surface area contributed by atoms with Crippen LogP contribution in [-0.2, 0) is 19.6 Å². The molecule has 0 bridgehead atoms. The monoisotopic (exact) mass is 491 g/mol. The maximum Gasteiger partial charge on any atom is 0.265 e. The second-order valence-corrected chi connectivity index (χ2v) is 10.7. The fraction of sp³-hybridized carbons (Fsp3) is 0.391. The van der Waals surface area contributed by atoms with E-state index in [4.69, 9.17) is 16.3 Å². The summed E-state index contributed by atoms with van der Waals surface area (Å²) < 4.78 is 34.1. The van der Waals surface area contributed by atoms with Gasteiger partial charge in [-0.1, -0.05) is 24.6 Å². The van der Waals surface area contributed by atoms with Crippen LogP contribution in [0, 0.1) is 12.8 Å². The Labute approximate surface area is 198 Å². The number of ether oxygens (including phenoxy) is 1. The van der Waals surface area contributed by atoms with E-state index >= 15 is 0 Å². The standard InChI is InChI=1S/C23H26ClN3O5S/c1-3-19-23(29)26-18-10-14(2)21(12-20(18)32-19)33(30,31)27-9-5-6-15(13-27)22(28)25-17-8-4-7-16(24)11-17/h4,7-8,10-12,15,19H,3,5-6,9,13H2,1-2H3,(H,25,28)(H,26,29)/t15-,19-/m1/s1. The Balaban J connectivity index is 1.55. The minimum absolute atomic E-state index is 0.0838. The molecule has 1 fully saturated rings. The zero-order valence-electron chi connectivity index (χ0n) is 18.4. The first-order valence-electron chi connectivity index (χ1n) is 10.9. The van der Waals surface area contributed by atoms with Crippen LogP contribution in [0.25, 0.3) is 0 Å². The van der Waals surface area contributed by atoms with Crippen LogP contribution in [0.2, 0.25) is 5.02 Å². The number of hydrogen-bond donors (Lipinski definition) is 2. The Morgan fingerprint density at radius 3 is 2.82 bits per heavy atom. The summed E-state index contributed by atoms with van der Waals surface area (Å²) in [6.45, 7) is 3.91. The summed E-state index contributed by atoms with van der Waals surface area (Å²) in [7, 11) is -3.87. The highest BCUT2D eigenvalue weighted by Crippen LogP contribution is 2.36. The van der Waals surface area contributed by atoms with Gasteiger partial charge in [0.05, 0.1) is 16.5 Å². The van der Waals surface area contributed by atoms with Gasteiger partial charge in [-0.15, -0.1) is 0 Å². The van der Waals surface area contributed by atoms with E-state index in [1.54, 1.807) is 37.3 Å². The van der Waals surface area contributed by atoms with Gasteiger partial charge in [-0.2, -0.15) is 4.31 Å². The van der Waals surface area contributed by atoms with Crippen LogP contribution in [0.5, 0.6) is 5.75 Å². The number of fused-ring (bicyclic) bond motifs is 1. The number of hydrogen-bond acceptors (Lipinski definition) is 5. The third-order valence-corrected chi connectivity index (χ3v) is 8.17. The maximum absolute atomic E-state index is 13.5. The van der Waals surface area contributed by atoms with Gasteiger partial charge in [0.15, 0.2) is 6.10 Å². The lowest BCUT2D eigenvalue weighted by molar-refractivity contribution is -0.123. The molecule has 0 unspecified atom stereocenters. The van der Waals surface area contributed by atoms with Crippen LogP contribution in [0.4, 0.5) is 11.4 Å². The number of benzene rings is 2. The molecule has 0 saturated carbocycles. The number of piperidine rings is 1. The predicted octanol–water partition coefficient (Wildman–Crippen LogP) is 3.80. The molecule has 0 radical (unpaired) electrons. The quantitative estimate of drug-likeness (QED) is 0.662. The Bertz CT molecular complexity index is 1200. The second kappa shape index (κ2) is 9.32. The van der Waals surface area contributed by atoms with Gasteiger partial charge >= 0.3 is 0 Å². The SMILES string of the molecule is CC[C@H]1Oc2cc(S(=O)(=O)N3CCC[C@@H](C(=O)Nc4cccc(Cl)c4)C3)c(C)cc2NC1=O. The van der Waals surface area contributed by atoms with Crippen molar-refractivity contribution in [1.82, 2.24) is 4.31 Å². The molecule has 0 aromatic heterocycles. The molecule has 2 aliphatic heterocycles. The van der Waals surface area contributed by atoms with Crippen LogP contribution in [0.1, 0.15) is 31.7 Å². The topological polar surface area (TPSA) is 105 Å². The number of nitrogens with zero attached hydrogens (tertiary/aromatic N) is 1. The molecule has 2 amide bonds. The van der Waals surface area contributed by atoms with Crippen molar-refractivity contribution in [3.05, 3.63) is 47.0 Å². The van der Waals surface area contributed by atoms with Gasteiger partial charge in [-0.05, 0) is 56.0 Å². The lowest BCUT2D eigenvalue weighted by atomic mass is 9.99. The maximum atomic E-state index is 13.5. The minimum atomic E-state index is -3.87. The molecular weight excluding hydrogens is 466 g/mol. The smallest absolute Gasteiger partial charge is 0.265 e. The van der Waals surface area contributed by atoms with Crippen molar-refractivity contribution in [2.24, 2.45) is 5.92 Å². The molecule has 10 heteroatoms. The number of rotatable bonds is 5. The zero-order chi connectivity index (χ0) is 23.8. The average molecular weight is 492 g/mol. The van der Waals surface area contributed by atoms with Crippen molar-refractivity contribution in [3.8, 4) is 5.75 Å². The van der Waals surface area contributed by atoms with Crippen molar-refractivity contribution in [3.63, 3.8) is 0 Å². The lowest BCUT2D eigenvalue weighted by Crippen LogP contribution is -2.44. The molecule has 176 valence electrons. The number of anilines is 2. The van der Waals surface area contributed by atoms with E-state index in [2.05, 4.69) is 10.6 Å². The Hall–Kier alpha value is -2.62. The van der Waals surface area contributed by atoms with Crippen molar-refractivity contribution < 1.29 is 22.7 Å². The molecule has 2 N–H and O–H groups in total. The van der Waals surface area contributed by atoms with Crippen LogP contribution in [0.3, 0.4) is 0 Å². The first kappa shape index (κ1) is 23.5. The normalized spacial score (nSPS) is 21.0. The minimum Gasteiger partial charge on any atom is -0.478 e. The molecule has 0 spiro atoms. The number of sulfonamides is 1. The van der Waals surface area contributed by atoms with Crippen LogP contribution >= 0.6 is 11.6 Å². The number of aryl methyl sites for hydroxylation is 1. The fourth-order valence-corrected chi connectivity index (χ4v) is 6.09. The van der Waals surface area contributed by atoms with Gasteiger partial charge < -0.3 is 15.4 Å². The van der Waals surface area contributed by atoms with E-state index in [0.717, 1.165) is 0 Å².